The van der Waals surface area contributed by atoms with E-state index in [0.29, 0.717) is 11.5 Å². The van der Waals surface area contributed by atoms with Crippen molar-refractivity contribution >= 4 is 11.5 Å². The molecule has 1 aromatic rings. The third-order valence-corrected chi connectivity index (χ3v) is 2.53. The van der Waals surface area contributed by atoms with Crippen LogP contribution in [0.3, 0.4) is 0 Å². The fraction of sp³-hybridized carbons (Fsp3) is 0.357. The number of carboxylic acid groups (broad SMARTS) is 1. The van der Waals surface area contributed by atoms with E-state index in [4.69, 9.17) is 24.1 Å². The van der Waals surface area contributed by atoms with Gasteiger partial charge in [-0.3, -0.25) is 0 Å². The molecule has 0 atom stereocenters. The zero-order valence-electron chi connectivity index (χ0n) is 11.8. The number of methoxy groups -OCH3 is 2. The summed E-state index contributed by atoms with van der Waals surface area (Å²) >= 11 is 0. The van der Waals surface area contributed by atoms with Crippen molar-refractivity contribution in [3.05, 3.63) is 29.8 Å². The van der Waals surface area contributed by atoms with Gasteiger partial charge in [0.1, 0.15) is 11.5 Å². The van der Waals surface area contributed by atoms with Gasteiger partial charge in [-0.25, -0.2) is 4.79 Å². The summed E-state index contributed by atoms with van der Waals surface area (Å²) in [4.78, 5) is 11.2. The minimum absolute atomic E-state index is 0.00549. The highest BCUT2D eigenvalue weighted by Crippen LogP contribution is 2.37. The van der Waals surface area contributed by atoms with E-state index in [2.05, 4.69) is 6.58 Å². The van der Waals surface area contributed by atoms with Crippen LogP contribution in [0.5, 0.6) is 11.5 Å². The number of rotatable bonds is 8. The van der Waals surface area contributed by atoms with Crippen molar-refractivity contribution in [1.29, 1.82) is 0 Å². The van der Waals surface area contributed by atoms with E-state index >= 15 is 0 Å². The molecule has 0 spiro atoms. The lowest BCUT2D eigenvalue weighted by Gasteiger charge is -2.17. The first-order valence-corrected chi connectivity index (χ1v) is 5.82. The maximum atomic E-state index is 11.2. The van der Waals surface area contributed by atoms with Gasteiger partial charge in [0.15, 0.2) is 13.6 Å². The third-order valence-electron chi connectivity index (χ3n) is 2.53. The molecule has 110 valence electrons. The summed E-state index contributed by atoms with van der Waals surface area (Å²) < 4.78 is 20.5. The molecule has 0 aliphatic carbocycles. The second-order valence-electron chi connectivity index (χ2n) is 3.97. The Morgan fingerprint density at radius 2 is 1.80 bits per heavy atom. The molecule has 1 N–H and O–H groups in total. The van der Waals surface area contributed by atoms with Crippen molar-refractivity contribution in [3.8, 4) is 11.5 Å². The number of carbonyl (C=O) groups is 1. The van der Waals surface area contributed by atoms with Gasteiger partial charge < -0.3 is 24.1 Å². The number of benzene rings is 1. The molecule has 1 aromatic carbocycles. The van der Waals surface area contributed by atoms with Crippen LogP contribution >= 0.6 is 0 Å². The van der Waals surface area contributed by atoms with Crippen LogP contribution in [0.4, 0.5) is 0 Å². The van der Waals surface area contributed by atoms with Gasteiger partial charge in [0.2, 0.25) is 0 Å². The minimum atomic E-state index is -1.15. The van der Waals surface area contributed by atoms with E-state index < -0.39 is 5.97 Å². The Kier molecular flexibility index (Phi) is 6.02. The van der Waals surface area contributed by atoms with Crippen LogP contribution in [0.1, 0.15) is 11.1 Å². The fourth-order valence-corrected chi connectivity index (χ4v) is 1.61. The van der Waals surface area contributed by atoms with E-state index in [-0.39, 0.29) is 24.7 Å². The van der Waals surface area contributed by atoms with Gasteiger partial charge in [0.25, 0.3) is 0 Å². The Morgan fingerprint density at radius 3 is 2.35 bits per heavy atom. The van der Waals surface area contributed by atoms with Gasteiger partial charge in [-0.1, -0.05) is 12.6 Å². The van der Waals surface area contributed by atoms with Crippen LogP contribution in [-0.4, -0.2) is 38.9 Å². The molecule has 0 aliphatic heterocycles. The molecule has 0 radical (unpaired) electrons. The number of aryl methyl sites for hydroxylation is 1. The Labute approximate surface area is 117 Å². The first kappa shape index (κ1) is 16.0. The van der Waals surface area contributed by atoms with Crippen molar-refractivity contribution in [2.75, 3.05) is 27.8 Å². The summed E-state index contributed by atoms with van der Waals surface area (Å²) in [7, 11) is 2.95. The van der Waals surface area contributed by atoms with Gasteiger partial charge in [-0.05, 0) is 18.6 Å². The van der Waals surface area contributed by atoms with Crippen LogP contribution in [0.25, 0.3) is 5.57 Å². The van der Waals surface area contributed by atoms with Gasteiger partial charge in [0, 0.05) is 14.2 Å². The zero-order valence-corrected chi connectivity index (χ0v) is 11.8. The first-order chi connectivity index (χ1) is 9.52. The van der Waals surface area contributed by atoms with Crippen molar-refractivity contribution in [3.63, 3.8) is 0 Å². The number of ether oxygens (including phenoxy) is 4. The van der Waals surface area contributed by atoms with Crippen molar-refractivity contribution in [2.45, 2.75) is 6.92 Å². The van der Waals surface area contributed by atoms with Gasteiger partial charge >= 0.3 is 5.97 Å². The molecule has 0 heterocycles. The molecule has 20 heavy (non-hydrogen) atoms. The monoisotopic (exact) mass is 282 g/mol. The molecule has 0 saturated heterocycles. The minimum Gasteiger partial charge on any atom is -0.478 e. The normalized spacial score (nSPS) is 10.2. The molecule has 0 bridgehead atoms. The summed E-state index contributed by atoms with van der Waals surface area (Å²) in [6, 6.07) is 3.41. The average molecular weight is 282 g/mol. The van der Waals surface area contributed by atoms with Crippen molar-refractivity contribution in [2.24, 2.45) is 0 Å². The molecule has 0 aliphatic rings. The molecular weight excluding hydrogens is 264 g/mol. The van der Waals surface area contributed by atoms with Crippen molar-refractivity contribution in [1.82, 2.24) is 0 Å². The Bertz CT molecular complexity index is 495. The number of aliphatic carboxylic acids is 1. The van der Waals surface area contributed by atoms with Gasteiger partial charge in [-0.2, -0.15) is 0 Å². The average Bonchev–Trinajstić information content (AvgIpc) is 2.43. The standard InChI is InChI=1S/C14H18O6/c1-9-5-6-11(19-7-17-3)12(10(2)14(15)16)13(9)20-8-18-4/h5-6H,2,7-8H2,1,3-4H3,(H,15,16). The first-order valence-electron chi connectivity index (χ1n) is 5.82. The maximum absolute atomic E-state index is 11.2. The van der Waals surface area contributed by atoms with Crippen LogP contribution in [0.2, 0.25) is 0 Å². The number of hydrogen-bond donors (Lipinski definition) is 1. The molecule has 0 aromatic heterocycles. The van der Waals surface area contributed by atoms with E-state index in [1.807, 2.05) is 0 Å². The van der Waals surface area contributed by atoms with Crippen LogP contribution in [0, 0.1) is 6.92 Å². The van der Waals surface area contributed by atoms with E-state index in [9.17, 15) is 4.79 Å². The molecule has 0 fully saturated rings. The Morgan fingerprint density at radius 1 is 1.20 bits per heavy atom. The molecule has 0 saturated carbocycles. The lowest BCUT2D eigenvalue weighted by atomic mass is 10.0. The lowest BCUT2D eigenvalue weighted by molar-refractivity contribution is -0.130. The molecular formula is C14H18O6. The Hall–Kier alpha value is -2.05. The highest BCUT2D eigenvalue weighted by molar-refractivity contribution is 6.16. The molecule has 0 unspecified atom stereocenters. The molecule has 0 amide bonds. The lowest BCUT2D eigenvalue weighted by Crippen LogP contribution is -2.09. The summed E-state index contributed by atoms with van der Waals surface area (Å²) in [6.07, 6.45) is 0. The summed E-state index contributed by atoms with van der Waals surface area (Å²) in [5.41, 5.74) is 0.918. The molecule has 6 nitrogen and oxygen atoms in total. The summed E-state index contributed by atoms with van der Waals surface area (Å²) in [5, 5.41) is 9.15. The predicted octanol–water partition coefficient (Wildman–Crippen LogP) is 2.06. The maximum Gasteiger partial charge on any atom is 0.335 e. The van der Waals surface area contributed by atoms with Gasteiger partial charge in [0.05, 0.1) is 11.1 Å². The number of carboxylic acids is 1. The van der Waals surface area contributed by atoms with E-state index in [0.717, 1.165) is 5.56 Å². The molecule has 1 rings (SSSR count). The largest absolute Gasteiger partial charge is 0.478 e. The highest BCUT2D eigenvalue weighted by atomic mass is 16.7. The van der Waals surface area contributed by atoms with Gasteiger partial charge in [-0.15, -0.1) is 0 Å². The van der Waals surface area contributed by atoms with E-state index in [1.54, 1.807) is 19.1 Å². The highest BCUT2D eigenvalue weighted by Gasteiger charge is 2.21. The quantitative estimate of drug-likeness (QED) is 0.581. The second kappa shape index (κ2) is 7.52. The second-order valence-corrected chi connectivity index (χ2v) is 3.97. The zero-order chi connectivity index (χ0) is 15.1. The summed E-state index contributed by atoms with van der Waals surface area (Å²) in [6.45, 7) is 5.34. The summed E-state index contributed by atoms with van der Waals surface area (Å²) in [5.74, 6) is -0.455. The van der Waals surface area contributed by atoms with Crippen LogP contribution in [0.15, 0.2) is 18.7 Å². The van der Waals surface area contributed by atoms with Crippen LogP contribution < -0.4 is 9.47 Å². The van der Waals surface area contributed by atoms with Crippen molar-refractivity contribution < 1.29 is 28.8 Å². The third kappa shape index (κ3) is 3.72. The smallest absolute Gasteiger partial charge is 0.335 e. The fourth-order valence-electron chi connectivity index (χ4n) is 1.61. The van der Waals surface area contributed by atoms with E-state index in [1.165, 1.54) is 14.2 Å². The predicted molar refractivity (Wildman–Crippen MR) is 72.9 cm³/mol. The SMILES string of the molecule is C=C(C(=O)O)c1c(OCOC)ccc(C)c1OCOC. The number of hydrogen-bond acceptors (Lipinski definition) is 5. The topological polar surface area (TPSA) is 74.2 Å². The Balaban J connectivity index is 3.30. The van der Waals surface area contributed by atoms with Crippen LogP contribution in [-0.2, 0) is 14.3 Å². The molecule has 6 heteroatoms.